The Bertz CT molecular complexity index is 553. The summed E-state index contributed by atoms with van der Waals surface area (Å²) < 4.78 is 0. The number of carbonyl (C=O) groups is 1. The molecule has 0 saturated heterocycles. The van der Waals surface area contributed by atoms with Gasteiger partial charge >= 0.3 is 0 Å². The summed E-state index contributed by atoms with van der Waals surface area (Å²) in [6.07, 6.45) is 0. The molecule has 0 aliphatic heterocycles. The molecule has 0 fully saturated rings. The molecule has 0 unspecified atom stereocenters. The molecule has 0 N–H and O–H groups in total. The molecule has 1 heteroatoms. The molecule has 0 spiro atoms. The Kier molecular flexibility index (Phi) is 3.61. The highest BCUT2D eigenvalue weighted by atomic mass is 16.1. The van der Waals surface area contributed by atoms with Crippen LogP contribution in [0.15, 0.2) is 48.5 Å². The molecule has 0 aromatic heterocycles. The maximum atomic E-state index is 12.1. The van der Waals surface area contributed by atoms with Gasteiger partial charge < -0.3 is 0 Å². The third-order valence-corrected chi connectivity index (χ3v) is 3.21. The Hall–Kier alpha value is -1.89. The molecule has 0 aliphatic rings. The summed E-state index contributed by atoms with van der Waals surface area (Å²) in [4.78, 5) is 12.1. The normalized spacial score (nSPS) is 10.7. The van der Waals surface area contributed by atoms with E-state index in [0.717, 1.165) is 22.3 Å². The molecule has 18 heavy (non-hydrogen) atoms. The molecular formula is C17H18O. The van der Waals surface area contributed by atoms with Crippen molar-refractivity contribution in [3.8, 4) is 11.1 Å². The maximum absolute atomic E-state index is 12.1. The summed E-state index contributed by atoms with van der Waals surface area (Å²) in [5.41, 5.74) is 4.21. The van der Waals surface area contributed by atoms with Gasteiger partial charge in [-0.1, -0.05) is 62.4 Å². The van der Waals surface area contributed by atoms with Crippen molar-refractivity contribution < 1.29 is 4.79 Å². The van der Waals surface area contributed by atoms with Gasteiger partial charge in [-0.2, -0.15) is 0 Å². The summed E-state index contributed by atoms with van der Waals surface area (Å²) in [5, 5.41) is 0. The lowest BCUT2D eigenvalue weighted by Crippen LogP contribution is -2.09. The van der Waals surface area contributed by atoms with Gasteiger partial charge in [0.2, 0.25) is 0 Å². The minimum absolute atomic E-state index is 0.0368. The van der Waals surface area contributed by atoms with Crippen LogP contribution in [0.5, 0.6) is 0 Å². The van der Waals surface area contributed by atoms with E-state index in [9.17, 15) is 4.79 Å². The topological polar surface area (TPSA) is 17.1 Å². The van der Waals surface area contributed by atoms with E-state index in [0.29, 0.717) is 0 Å². The third kappa shape index (κ3) is 2.35. The van der Waals surface area contributed by atoms with Crippen LogP contribution in [-0.2, 0) is 0 Å². The van der Waals surface area contributed by atoms with Gasteiger partial charge in [-0.15, -0.1) is 0 Å². The molecule has 0 heterocycles. The van der Waals surface area contributed by atoms with Crippen LogP contribution < -0.4 is 0 Å². The molecule has 0 bridgehead atoms. The van der Waals surface area contributed by atoms with E-state index in [1.165, 1.54) is 0 Å². The number of benzene rings is 2. The molecule has 2 aromatic rings. The molecule has 0 amide bonds. The highest BCUT2D eigenvalue weighted by molar-refractivity contribution is 6.00. The first-order valence-electron chi connectivity index (χ1n) is 6.30. The van der Waals surface area contributed by atoms with Crippen LogP contribution in [0.4, 0.5) is 0 Å². The van der Waals surface area contributed by atoms with E-state index in [2.05, 4.69) is 18.2 Å². The quantitative estimate of drug-likeness (QED) is 0.719. The second kappa shape index (κ2) is 5.18. The number of hydrogen-bond donors (Lipinski definition) is 0. The van der Waals surface area contributed by atoms with Crippen molar-refractivity contribution in [2.24, 2.45) is 5.92 Å². The molecule has 2 rings (SSSR count). The fraction of sp³-hybridized carbons (Fsp3) is 0.235. The fourth-order valence-corrected chi connectivity index (χ4v) is 2.14. The third-order valence-electron chi connectivity index (χ3n) is 3.21. The molecule has 2 aromatic carbocycles. The summed E-state index contributed by atoms with van der Waals surface area (Å²) in [6.45, 7) is 5.91. The highest BCUT2D eigenvalue weighted by Crippen LogP contribution is 2.26. The number of rotatable bonds is 3. The predicted molar refractivity (Wildman–Crippen MR) is 75.8 cm³/mol. The molecule has 92 valence electrons. The van der Waals surface area contributed by atoms with Gasteiger partial charge in [0.1, 0.15) is 0 Å². The van der Waals surface area contributed by atoms with Crippen LogP contribution in [0.25, 0.3) is 11.1 Å². The molecule has 0 radical (unpaired) electrons. The number of hydrogen-bond acceptors (Lipinski definition) is 1. The first-order chi connectivity index (χ1) is 8.61. The molecule has 1 nitrogen and oxygen atoms in total. The monoisotopic (exact) mass is 238 g/mol. The lowest BCUT2D eigenvalue weighted by atomic mass is 9.91. The smallest absolute Gasteiger partial charge is 0.165 e. The van der Waals surface area contributed by atoms with Crippen LogP contribution in [0.3, 0.4) is 0 Å². The van der Waals surface area contributed by atoms with Gasteiger partial charge in [0.05, 0.1) is 0 Å². The fourth-order valence-electron chi connectivity index (χ4n) is 2.14. The minimum atomic E-state index is 0.0368. The average molecular weight is 238 g/mol. The summed E-state index contributed by atoms with van der Waals surface area (Å²) >= 11 is 0. The Morgan fingerprint density at radius 2 is 1.61 bits per heavy atom. The minimum Gasteiger partial charge on any atom is -0.294 e. The Balaban J connectivity index is 2.52. The summed E-state index contributed by atoms with van der Waals surface area (Å²) in [6, 6.07) is 16.1. The van der Waals surface area contributed by atoms with Crippen molar-refractivity contribution in [1.29, 1.82) is 0 Å². The Morgan fingerprint density at radius 3 is 2.22 bits per heavy atom. The van der Waals surface area contributed by atoms with E-state index >= 15 is 0 Å². The van der Waals surface area contributed by atoms with Gasteiger partial charge in [-0.05, 0) is 23.6 Å². The first kappa shape index (κ1) is 12.6. The summed E-state index contributed by atoms with van der Waals surface area (Å²) in [5.74, 6) is 0.250. The highest BCUT2D eigenvalue weighted by Gasteiger charge is 2.15. The lowest BCUT2D eigenvalue weighted by molar-refractivity contribution is 0.0939. The molecular weight excluding hydrogens is 220 g/mol. The number of Topliss-reactive ketones (excluding diaryl/α,β-unsaturated/α-hetero) is 1. The van der Waals surface area contributed by atoms with E-state index in [1.807, 2.05) is 51.1 Å². The van der Waals surface area contributed by atoms with Crippen LogP contribution in [0, 0.1) is 12.8 Å². The van der Waals surface area contributed by atoms with Gasteiger partial charge in [0.15, 0.2) is 5.78 Å². The summed E-state index contributed by atoms with van der Waals surface area (Å²) in [7, 11) is 0. The van der Waals surface area contributed by atoms with Gasteiger partial charge in [-0.25, -0.2) is 0 Å². The van der Waals surface area contributed by atoms with Crippen LogP contribution >= 0.6 is 0 Å². The molecule has 0 aliphatic carbocycles. The second-order valence-electron chi connectivity index (χ2n) is 4.86. The Morgan fingerprint density at radius 1 is 0.944 bits per heavy atom. The number of ketones is 1. The van der Waals surface area contributed by atoms with Gasteiger partial charge in [0, 0.05) is 11.5 Å². The van der Waals surface area contributed by atoms with E-state index in [4.69, 9.17) is 0 Å². The first-order valence-corrected chi connectivity index (χ1v) is 6.30. The molecule has 0 saturated carbocycles. The van der Waals surface area contributed by atoms with E-state index in [1.54, 1.807) is 0 Å². The van der Waals surface area contributed by atoms with Crippen molar-refractivity contribution in [3.63, 3.8) is 0 Å². The SMILES string of the molecule is Cc1c(C(=O)C(C)C)cccc1-c1ccccc1. The van der Waals surface area contributed by atoms with E-state index in [-0.39, 0.29) is 11.7 Å². The average Bonchev–Trinajstić information content (AvgIpc) is 2.39. The van der Waals surface area contributed by atoms with Crippen LogP contribution in [0.1, 0.15) is 29.8 Å². The second-order valence-corrected chi connectivity index (χ2v) is 4.86. The molecule has 0 atom stereocenters. The maximum Gasteiger partial charge on any atom is 0.165 e. The van der Waals surface area contributed by atoms with E-state index < -0.39 is 0 Å². The lowest BCUT2D eigenvalue weighted by Gasteiger charge is -2.12. The zero-order chi connectivity index (χ0) is 13.1. The van der Waals surface area contributed by atoms with Crippen molar-refractivity contribution in [2.75, 3.05) is 0 Å². The Labute approximate surface area is 108 Å². The van der Waals surface area contributed by atoms with Crippen molar-refractivity contribution in [2.45, 2.75) is 20.8 Å². The van der Waals surface area contributed by atoms with Crippen molar-refractivity contribution >= 4 is 5.78 Å². The van der Waals surface area contributed by atoms with Crippen LogP contribution in [-0.4, -0.2) is 5.78 Å². The zero-order valence-corrected chi connectivity index (χ0v) is 11.1. The van der Waals surface area contributed by atoms with Gasteiger partial charge in [-0.3, -0.25) is 4.79 Å². The zero-order valence-electron chi connectivity index (χ0n) is 11.1. The number of carbonyl (C=O) groups excluding carboxylic acids is 1. The van der Waals surface area contributed by atoms with Crippen molar-refractivity contribution in [3.05, 3.63) is 59.7 Å². The standard InChI is InChI=1S/C17H18O/c1-12(2)17(18)16-11-7-10-15(13(16)3)14-8-5-4-6-9-14/h4-12H,1-3H3. The van der Waals surface area contributed by atoms with Crippen LogP contribution in [0.2, 0.25) is 0 Å². The predicted octanol–water partition coefficient (Wildman–Crippen LogP) is 4.50. The van der Waals surface area contributed by atoms with Crippen molar-refractivity contribution in [1.82, 2.24) is 0 Å². The van der Waals surface area contributed by atoms with Gasteiger partial charge in [0.25, 0.3) is 0 Å². The largest absolute Gasteiger partial charge is 0.294 e.